The Kier molecular flexibility index (Phi) is 6.74. The molecule has 5 heteroatoms. The van der Waals surface area contributed by atoms with E-state index in [2.05, 4.69) is 4.74 Å². The molecule has 0 aliphatic heterocycles. The van der Waals surface area contributed by atoms with Gasteiger partial charge in [0.05, 0.1) is 6.61 Å². The van der Waals surface area contributed by atoms with Crippen LogP contribution in [0.3, 0.4) is 0 Å². The SMILES string of the molecule is CCOC(=O)CC(=O)OCCN(C)C. The molecule has 0 bridgehead atoms. The van der Waals surface area contributed by atoms with Crippen LogP contribution in [-0.2, 0) is 19.1 Å². The molecule has 0 N–H and O–H groups in total. The van der Waals surface area contributed by atoms with Gasteiger partial charge in [-0.2, -0.15) is 0 Å². The lowest BCUT2D eigenvalue weighted by Crippen LogP contribution is -2.21. The average molecular weight is 203 g/mol. The summed E-state index contributed by atoms with van der Waals surface area (Å²) >= 11 is 0. The second-order valence-electron chi connectivity index (χ2n) is 3.01. The van der Waals surface area contributed by atoms with Crippen LogP contribution in [0.2, 0.25) is 0 Å². The first-order chi connectivity index (χ1) is 6.56. The van der Waals surface area contributed by atoms with Crippen LogP contribution in [-0.4, -0.2) is 50.7 Å². The molecule has 0 rings (SSSR count). The summed E-state index contributed by atoms with van der Waals surface area (Å²) in [6.07, 6.45) is -0.304. The molecule has 82 valence electrons. The molecule has 0 spiro atoms. The van der Waals surface area contributed by atoms with Crippen LogP contribution >= 0.6 is 0 Å². The van der Waals surface area contributed by atoms with E-state index in [0.717, 1.165) is 0 Å². The van der Waals surface area contributed by atoms with Crippen molar-refractivity contribution in [2.24, 2.45) is 0 Å². The van der Waals surface area contributed by atoms with Gasteiger partial charge < -0.3 is 14.4 Å². The smallest absolute Gasteiger partial charge is 0.317 e. The van der Waals surface area contributed by atoms with Gasteiger partial charge in [-0.15, -0.1) is 0 Å². The Labute approximate surface area is 84.0 Å². The lowest BCUT2D eigenvalue weighted by atomic mass is 10.4. The molecule has 0 fully saturated rings. The molecule has 0 aromatic carbocycles. The number of carbonyl (C=O) groups is 2. The number of likely N-dealkylation sites (N-methyl/N-ethyl adjacent to an activating group) is 1. The molecule has 0 aromatic heterocycles. The van der Waals surface area contributed by atoms with Crippen molar-refractivity contribution >= 4 is 11.9 Å². The molecule has 0 unspecified atom stereocenters. The zero-order valence-corrected chi connectivity index (χ0v) is 8.91. The second kappa shape index (κ2) is 7.32. The van der Waals surface area contributed by atoms with Gasteiger partial charge in [-0.25, -0.2) is 0 Å². The van der Waals surface area contributed by atoms with E-state index >= 15 is 0 Å². The van der Waals surface area contributed by atoms with Crippen molar-refractivity contribution in [2.75, 3.05) is 33.9 Å². The van der Waals surface area contributed by atoms with Gasteiger partial charge in [0, 0.05) is 6.54 Å². The van der Waals surface area contributed by atoms with Crippen LogP contribution in [0.5, 0.6) is 0 Å². The van der Waals surface area contributed by atoms with Crippen molar-refractivity contribution in [2.45, 2.75) is 13.3 Å². The van der Waals surface area contributed by atoms with E-state index in [-0.39, 0.29) is 13.0 Å². The van der Waals surface area contributed by atoms with Crippen LogP contribution < -0.4 is 0 Å². The highest BCUT2D eigenvalue weighted by molar-refractivity contribution is 5.91. The van der Waals surface area contributed by atoms with Crippen LogP contribution in [0.25, 0.3) is 0 Å². The monoisotopic (exact) mass is 203 g/mol. The molecule has 0 aromatic rings. The zero-order valence-electron chi connectivity index (χ0n) is 8.91. The van der Waals surface area contributed by atoms with E-state index in [9.17, 15) is 9.59 Å². The van der Waals surface area contributed by atoms with E-state index in [0.29, 0.717) is 13.2 Å². The summed E-state index contributed by atoms with van der Waals surface area (Å²) in [5, 5.41) is 0. The zero-order chi connectivity index (χ0) is 11.0. The molecule has 0 aliphatic rings. The Morgan fingerprint density at radius 1 is 1.14 bits per heavy atom. The summed E-state index contributed by atoms with van der Waals surface area (Å²) in [5.74, 6) is -1.08. The van der Waals surface area contributed by atoms with Gasteiger partial charge in [0.2, 0.25) is 0 Å². The van der Waals surface area contributed by atoms with Gasteiger partial charge in [-0.05, 0) is 21.0 Å². The van der Waals surface area contributed by atoms with Gasteiger partial charge in [-0.1, -0.05) is 0 Å². The molecule has 5 nitrogen and oxygen atoms in total. The van der Waals surface area contributed by atoms with Crippen molar-refractivity contribution in [1.82, 2.24) is 4.90 Å². The molecule has 0 aliphatic carbocycles. The third kappa shape index (κ3) is 7.54. The molecule has 0 saturated heterocycles. The summed E-state index contributed by atoms with van der Waals surface area (Å²) in [5.41, 5.74) is 0. The molecule has 0 heterocycles. The van der Waals surface area contributed by atoms with E-state index in [1.54, 1.807) is 6.92 Å². The molecular weight excluding hydrogens is 186 g/mol. The maximum atomic E-state index is 11.0. The molecule has 14 heavy (non-hydrogen) atoms. The predicted octanol–water partition coefficient (Wildman–Crippen LogP) is 0.0444. The first kappa shape index (κ1) is 12.9. The topological polar surface area (TPSA) is 55.8 Å². The van der Waals surface area contributed by atoms with E-state index in [1.165, 1.54) is 0 Å². The van der Waals surface area contributed by atoms with Crippen LogP contribution in [0.15, 0.2) is 0 Å². The van der Waals surface area contributed by atoms with Gasteiger partial charge in [0.25, 0.3) is 0 Å². The highest BCUT2D eigenvalue weighted by atomic mass is 16.6. The van der Waals surface area contributed by atoms with Crippen LogP contribution in [0.4, 0.5) is 0 Å². The third-order valence-corrected chi connectivity index (χ3v) is 1.40. The minimum atomic E-state index is -0.539. The van der Waals surface area contributed by atoms with Gasteiger partial charge in [0.1, 0.15) is 13.0 Å². The van der Waals surface area contributed by atoms with E-state index in [1.807, 2.05) is 19.0 Å². The van der Waals surface area contributed by atoms with Crippen LogP contribution in [0, 0.1) is 0 Å². The Hall–Kier alpha value is -1.10. The van der Waals surface area contributed by atoms with Gasteiger partial charge in [-0.3, -0.25) is 9.59 Å². The number of rotatable bonds is 6. The number of carbonyl (C=O) groups excluding carboxylic acids is 2. The maximum Gasteiger partial charge on any atom is 0.317 e. The molecule has 0 atom stereocenters. The lowest BCUT2D eigenvalue weighted by Gasteiger charge is -2.09. The summed E-state index contributed by atoms with van der Waals surface area (Å²) in [7, 11) is 3.75. The number of esters is 2. The number of ether oxygens (including phenoxy) is 2. The van der Waals surface area contributed by atoms with Crippen molar-refractivity contribution in [3.63, 3.8) is 0 Å². The van der Waals surface area contributed by atoms with Crippen molar-refractivity contribution in [3.8, 4) is 0 Å². The summed E-state index contributed by atoms with van der Waals surface area (Å²) in [6, 6.07) is 0. The van der Waals surface area contributed by atoms with Crippen molar-refractivity contribution in [3.05, 3.63) is 0 Å². The Morgan fingerprint density at radius 3 is 2.21 bits per heavy atom. The minimum Gasteiger partial charge on any atom is -0.466 e. The predicted molar refractivity (Wildman–Crippen MR) is 50.8 cm³/mol. The number of nitrogens with zero attached hydrogens (tertiary/aromatic N) is 1. The molecule has 0 saturated carbocycles. The first-order valence-corrected chi connectivity index (χ1v) is 4.52. The second-order valence-corrected chi connectivity index (χ2v) is 3.01. The fraction of sp³-hybridized carbons (Fsp3) is 0.778. The van der Waals surface area contributed by atoms with Crippen molar-refractivity contribution in [1.29, 1.82) is 0 Å². The molecular formula is C9H17NO4. The van der Waals surface area contributed by atoms with E-state index in [4.69, 9.17) is 4.74 Å². The largest absolute Gasteiger partial charge is 0.466 e. The Bertz CT molecular complexity index is 191. The summed E-state index contributed by atoms with van der Waals surface area (Å²) in [6.45, 7) is 2.92. The lowest BCUT2D eigenvalue weighted by molar-refractivity contribution is -0.154. The third-order valence-electron chi connectivity index (χ3n) is 1.40. The molecule has 0 amide bonds. The number of hydrogen-bond acceptors (Lipinski definition) is 5. The van der Waals surface area contributed by atoms with E-state index < -0.39 is 11.9 Å². The first-order valence-electron chi connectivity index (χ1n) is 4.52. The number of hydrogen-bond donors (Lipinski definition) is 0. The van der Waals surface area contributed by atoms with Crippen LogP contribution in [0.1, 0.15) is 13.3 Å². The fourth-order valence-electron chi connectivity index (χ4n) is 0.723. The summed E-state index contributed by atoms with van der Waals surface area (Å²) in [4.78, 5) is 23.7. The summed E-state index contributed by atoms with van der Waals surface area (Å²) < 4.78 is 9.38. The standard InChI is InChI=1S/C9H17NO4/c1-4-13-8(11)7-9(12)14-6-5-10(2)3/h4-7H2,1-3H3. The minimum absolute atomic E-state index is 0.282. The average Bonchev–Trinajstić information content (AvgIpc) is 2.03. The quantitative estimate of drug-likeness (QED) is 0.451. The van der Waals surface area contributed by atoms with Gasteiger partial charge in [0.15, 0.2) is 0 Å². The fourth-order valence-corrected chi connectivity index (χ4v) is 0.723. The highest BCUT2D eigenvalue weighted by Gasteiger charge is 2.10. The Morgan fingerprint density at radius 2 is 1.71 bits per heavy atom. The van der Waals surface area contributed by atoms with Gasteiger partial charge >= 0.3 is 11.9 Å². The van der Waals surface area contributed by atoms with Crippen molar-refractivity contribution < 1.29 is 19.1 Å². The molecule has 0 radical (unpaired) electrons. The maximum absolute atomic E-state index is 11.0. The normalized spacial score (nSPS) is 10.0. The highest BCUT2D eigenvalue weighted by Crippen LogP contribution is 1.91. The Balaban J connectivity index is 3.50.